The molecule has 0 aliphatic heterocycles. The maximum atomic E-state index is 14.2. The summed E-state index contributed by atoms with van der Waals surface area (Å²) in [5.74, 6) is -3.16. The molecule has 0 radical (unpaired) electrons. The van der Waals surface area contributed by atoms with Gasteiger partial charge in [-0.15, -0.1) is 0 Å². The normalized spacial score (nSPS) is 11.6. The number of ether oxygens (including phenoxy) is 1. The highest BCUT2D eigenvalue weighted by atomic mass is 19.1. The minimum Gasteiger partial charge on any atom is -0.490 e. The van der Waals surface area contributed by atoms with Gasteiger partial charge in [-0.1, -0.05) is 0 Å². The lowest BCUT2D eigenvalue weighted by molar-refractivity contribution is 0.0282. The minimum absolute atomic E-state index is 0.0857. The molecule has 0 saturated carbocycles. The lowest BCUT2D eigenvalue weighted by Gasteiger charge is -2.18. The van der Waals surface area contributed by atoms with Gasteiger partial charge in [-0.2, -0.15) is 0 Å². The highest BCUT2D eigenvalue weighted by Crippen LogP contribution is 2.30. The van der Waals surface area contributed by atoms with Gasteiger partial charge >= 0.3 is 0 Å². The number of pyridine rings is 1. The molecule has 0 unspecified atom stereocenters. The first-order valence-electron chi connectivity index (χ1n) is 6.82. The van der Waals surface area contributed by atoms with Gasteiger partial charge in [-0.05, 0) is 26.0 Å². The van der Waals surface area contributed by atoms with Gasteiger partial charge in [0, 0.05) is 12.1 Å². The first kappa shape index (κ1) is 17.2. The van der Waals surface area contributed by atoms with Crippen LogP contribution in [0.4, 0.5) is 13.2 Å². The summed E-state index contributed by atoms with van der Waals surface area (Å²) in [6, 6.07) is 3.97. The molecule has 1 heterocycles. The van der Waals surface area contributed by atoms with Crippen molar-refractivity contribution in [1.29, 1.82) is 0 Å². The molecule has 23 heavy (non-hydrogen) atoms. The fourth-order valence-electron chi connectivity index (χ4n) is 1.87. The maximum Gasteiger partial charge on any atom is 0.149 e. The van der Waals surface area contributed by atoms with Gasteiger partial charge in [0.05, 0.1) is 23.5 Å². The van der Waals surface area contributed by atoms with Crippen molar-refractivity contribution >= 4 is 0 Å². The summed E-state index contributed by atoms with van der Waals surface area (Å²) in [5.41, 5.74) is -2.26. The third-order valence-corrected chi connectivity index (χ3v) is 2.91. The topological polar surface area (TPSA) is 62.6 Å². The van der Waals surface area contributed by atoms with Gasteiger partial charge in [0.15, 0.2) is 0 Å². The smallest absolute Gasteiger partial charge is 0.149 e. The quantitative estimate of drug-likeness (QED) is 0.886. The zero-order valence-corrected chi connectivity index (χ0v) is 12.6. The molecule has 2 N–H and O–H groups in total. The van der Waals surface area contributed by atoms with Crippen molar-refractivity contribution in [1.82, 2.24) is 4.98 Å². The molecule has 4 nitrogen and oxygen atoms in total. The van der Waals surface area contributed by atoms with E-state index < -0.39 is 40.9 Å². The highest BCUT2D eigenvalue weighted by Gasteiger charge is 2.20. The van der Waals surface area contributed by atoms with Crippen LogP contribution in [0.2, 0.25) is 0 Å². The second-order valence-corrected chi connectivity index (χ2v) is 5.65. The van der Waals surface area contributed by atoms with Gasteiger partial charge in [-0.3, -0.25) is 0 Å². The number of hydrogen-bond donors (Lipinski definition) is 2. The third-order valence-electron chi connectivity index (χ3n) is 2.91. The molecular weight excluding hydrogens is 311 g/mol. The Morgan fingerprint density at radius 1 is 1.09 bits per heavy atom. The van der Waals surface area contributed by atoms with Crippen LogP contribution in [0.25, 0.3) is 11.3 Å². The first-order chi connectivity index (χ1) is 10.7. The Balaban J connectivity index is 2.41. The number of aliphatic hydroxyl groups excluding tert-OH is 1. The van der Waals surface area contributed by atoms with E-state index in [1.165, 1.54) is 19.9 Å². The molecule has 0 aliphatic carbocycles. The van der Waals surface area contributed by atoms with Crippen molar-refractivity contribution in [2.24, 2.45) is 0 Å². The molecule has 7 heteroatoms. The maximum absolute atomic E-state index is 14.2. The Morgan fingerprint density at radius 3 is 2.22 bits per heavy atom. The van der Waals surface area contributed by atoms with E-state index in [4.69, 9.17) is 9.84 Å². The Hall–Kier alpha value is -2.12. The summed E-state index contributed by atoms with van der Waals surface area (Å²) >= 11 is 0. The van der Waals surface area contributed by atoms with E-state index in [-0.39, 0.29) is 18.1 Å². The van der Waals surface area contributed by atoms with Crippen LogP contribution in [0, 0.1) is 17.5 Å². The van der Waals surface area contributed by atoms with Gasteiger partial charge in [-0.25, -0.2) is 18.2 Å². The molecule has 2 aromatic rings. The van der Waals surface area contributed by atoms with Crippen LogP contribution in [0.3, 0.4) is 0 Å². The molecule has 2 rings (SSSR count). The zero-order valence-electron chi connectivity index (χ0n) is 12.6. The minimum atomic E-state index is -1.17. The highest BCUT2D eigenvalue weighted by molar-refractivity contribution is 5.63. The van der Waals surface area contributed by atoms with Crippen LogP contribution in [0.15, 0.2) is 24.3 Å². The summed E-state index contributed by atoms with van der Waals surface area (Å²) in [4.78, 5) is 3.71. The SMILES string of the molecule is CC(C)(O)COc1cc(F)c(-c2nc(CO)ccc2F)c(F)c1. The van der Waals surface area contributed by atoms with Crippen LogP contribution in [0.5, 0.6) is 5.75 Å². The Bertz CT molecular complexity index is 691. The lowest BCUT2D eigenvalue weighted by atomic mass is 10.1. The lowest BCUT2D eigenvalue weighted by Crippen LogP contribution is -2.27. The summed E-state index contributed by atoms with van der Waals surface area (Å²) in [7, 11) is 0. The number of aromatic nitrogens is 1. The van der Waals surface area contributed by atoms with E-state index >= 15 is 0 Å². The molecule has 0 aliphatic rings. The van der Waals surface area contributed by atoms with Crippen LogP contribution in [-0.4, -0.2) is 27.4 Å². The predicted octanol–water partition coefficient (Wildman–Crippen LogP) is 2.81. The van der Waals surface area contributed by atoms with E-state index in [2.05, 4.69) is 4.98 Å². The van der Waals surface area contributed by atoms with Crippen LogP contribution in [-0.2, 0) is 6.61 Å². The average Bonchev–Trinajstić information content (AvgIpc) is 2.45. The van der Waals surface area contributed by atoms with Crippen molar-refractivity contribution in [3.05, 3.63) is 47.4 Å². The zero-order chi connectivity index (χ0) is 17.2. The van der Waals surface area contributed by atoms with Crippen LogP contribution < -0.4 is 4.74 Å². The molecule has 0 atom stereocenters. The largest absolute Gasteiger partial charge is 0.490 e. The second kappa shape index (κ2) is 6.55. The van der Waals surface area contributed by atoms with E-state index in [0.29, 0.717) is 0 Å². The number of benzene rings is 1. The molecule has 0 bridgehead atoms. The number of nitrogens with zero attached hydrogens (tertiary/aromatic N) is 1. The molecule has 0 fully saturated rings. The first-order valence-corrected chi connectivity index (χ1v) is 6.82. The molecule has 0 spiro atoms. The van der Waals surface area contributed by atoms with Crippen molar-refractivity contribution in [3.63, 3.8) is 0 Å². The summed E-state index contributed by atoms with van der Waals surface area (Å²) in [6.07, 6.45) is 0. The van der Waals surface area contributed by atoms with Crippen molar-refractivity contribution in [2.45, 2.75) is 26.1 Å². The summed E-state index contributed by atoms with van der Waals surface area (Å²) in [6.45, 7) is 2.31. The Kier molecular flexibility index (Phi) is 4.91. The fraction of sp³-hybridized carbons (Fsp3) is 0.312. The number of rotatable bonds is 5. The van der Waals surface area contributed by atoms with Gasteiger partial charge < -0.3 is 14.9 Å². The van der Waals surface area contributed by atoms with E-state index in [9.17, 15) is 18.3 Å². The summed E-state index contributed by atoms with van der Waals surface area (Å²) in [5, 5.41) is 18.6. The third kappa shape index (κ3) is 4.20. The number of hydrogen-bond acceptors (Lipinski definition) is 4. The number of halogens is 3. The van der Waals surface area contributed by atoms with Crippen LogP contribution in [0.1, 0.15) is 19.5 Å². The molecule has 0 amide bonds. The van der Waals surface area contributed by atoms with Gasteiger partial charge in [0.2, 0.25) is 0 Å². The average molecular weight is 327 g/mol. The fourth-order valence-corrected chi connectivity index (χ4v) is 1.87. The summed E-state index contributed by atoms with van der Waals surface area (Å²) < 4.78 is 47.3. The molecule has 1 aromatic carbocycles. The van der Waals surface area contributed by atoms with Crippen LogP contribution >= 0.6 is 0 Å². The predicted molar refractivity (Wildman–Crippen MR) is 77.3 cm³/mol. The monoisotopic (exact) mass is 327 g/mol. The van der Waals surface area contributed by atoms with Crippen molar-refractivity contribution in [3.8, 4) is 17.0 Å². The van der Waals surface area contributed by atoms with Crippen molar-refractivity contribution in [2.75, 3.05) is 6.61 Å². The Labute approximate surface area is 131 Å². The molecule has 124 valence electrons. The number of aliphatic hydroxyl groups is 2. The van der Waals surface area contributed by atoms with Crippen molar-refractivity contribution < 1.29 is 28.1 Å². The van der Waals surface area contributed by atoms with Gasteiger partial charge in [0.25, 0.3) is 0 Å². The second-order valence-electron chi connectivity index (χ2n) is 5.65. The van der Waals surface area contributed by atoms with Gasteiger partial charge in [0.1, 0.15) is 35.5 Å². The molecular formula is C16H16F3NO3. The van der Waals surface area contributed by atoms with E-state index in [0.717, 1.165) is 18.2 Å². The molecule has 0 saturated heterocycles. The van der Waals surface area contributed by atoms with E-state index in [1.807, 2.05) is 0 Å². The standard InChI is InChI=1S/C16H16F3NO3/c1-16(2,22)8-23-10-5-12(18)14(13(19)6-10)15-11(17)4-3-9(7-21)20-15/h3-6,21-22H,7-8H2,1-2H3. The van der Waals surface area contributed by atoms with E-state index in [1.54, 1.807) is 0 Å². The Morgan fingerprint density at radius 2 is 1.70 bits per heavy atom. The molecule has 1 aromatic heterocycles.